The van der Waals surface area contributed by atoms with E-state index in [2.05, 4.69) is 10.6 Å². The van der Waals surface area contributed by atoms with Gasteiger partial charge in [0.15, 0.2) is 6.10 Å². The van der Waals surface area contributed by atoms with Crippen molar-refractivity contribution in [2.24, 2.45) is 0 Å². The van der Waals surface area contributed by atoms with Crippen LogP contribution in [0.4, 0.5) is 5.69 Å². The highest BCUT2D eigenvalue weighted by atomic mass is 16.5. The summed E-state index contributed by atoms with van der Waals surface area (Å²) in [6, 6.07) is 13.3. The third kappa shape index (κ3) is 5.62. The lowest BCUT2D eigenvalue weighted by molar-refractivity contribution is -0.122. The van der Waals surface area contributed by atoms with Gasteiger partial charge in [0.1, 0.15) is 5.75 Å². The van der Waals surface area contributed by atoms with Crippen molar-refractivity contribution in [3.8, 4) is 5.75 Å². The van der Waals surface area contributed by atoms with Crippen LogP contribution < -0.4 is 15.4 Å². The number of nitrogens with one attached hydrogen (secondary N) is 2. The Morgan fingerprint density at radius 2 is 1.80 bits per heavy atom. The second-order valence-electron chi connectivity index (χ2n) is 8.13. The summed E-state index contributed by atoms with van der Waals surface area (Å²) in [5.74, 6) is 0.318. The van der Waals surface area contributed by atoms with E-state index >= 15 is 0 Å². The van der Waals surface area contributed by atoms with Gasteiger partial charge in [0.2, 0.25) is 0 Å². The van der Waals surface area contributed by atoms with E-state index in [0.717, 1.165) is 36.8 Å². The maximum atomic E-state index is 12.9. The number of aryl methyl sites for hydroxylation is 2. The van der Waals surface area contributed by atoms with Crippen LogP contribution >= 0.6 is 0 Å². The van der Waals surface area contributed by atoms with Crippen molar-refractivity contribution in [1.82, 2.24) is 5.32 Å². The average Bonchev–Trinajstić information content (AvgIpc) is 2.75. The fourth-order valence-corrected chi connectivity index (χ4v) is 3.82. The molecule has 1 fully saturated rings. The van der Waals surface area contributed by atoms with Gasteiger partial charge < -0.3 is 15.4 Å². The Balaban J connectivity index is 1.70. The molecule has 0 aromatic heterocycles. The van der Waals surface area contributed by atoms with Crippen molar-refractivity contribution in [3.05, 3.63) is 59.2 Å². The molecular weight excluding hydrogens is 376 g/mol. The largest absolute Gasteiger partial charge is 0.480 e. The van der Waals surface area contributed by atoms with E-state index in [4.69, 9.17) is 4.74 Å². The molecular formula is C25H32N2O3. The van der Waals surface area contributed by atoms with Gasteiger partial charge in [-0.15, -0.1) is 0 Å². The van der Waals surface area contributed by atoms with Crippen LogP contribution in [0.3, 0.4) is 0 Å². The van der Waals surface area contributed by atoms with Gasteiger partial charge in [0, 0.05) is 6.04 Å². The van der Waals surface area contributed by atoms with Gasteiger partial charge in [0.25, 0.3) is 11.8 Å². The first-order valence-electron chi connectivity index (χ1n) is 10.9. The quantitative estimate of drug-likeness (QED) is 0.665. The summed E-state index contributed by atoms with van der Waals surface area (Å²) >= 11 is 0. The molecule has 1 aliphatic rings. The third-order valence-corrected chi connectivity index (χ3v) is 5.65. The van der Waals surface area contributed by atoms with Gasteiger partial charge in [-0.2, -0.15) is 0 Å². The summed E-state index contributed by atoms with van der Waals surface area (Å²) in [5.41, 5.74) is 3.06. The van der Waals surface area contributed by atoms with E-state index in [1.54, 1.807) is 12.1 Å². The van der Waals surface area contributed by atoms with Crippen LogP contribution in [0.2, 0.25) is 0 Å². The minimum atomic E-state index is -0.639. The fourth-order valence-electron chi connectivity index (χ4n) is 3.82. The topological polar surface area (TPSA) is 67.4 Å². The first kappa shape index (κ1) is 21.9. The van der Waals surface area contributed by atoms with Gasteiger partial charge in [0.05, 0.1) is 11.3 Å². The van der Waals surface area contributed by atoms with E-state index in [1.807, 2.05) is 51.1 Å². The lowest BCUT2D eigenvalue weighted by Crippen LogP contribution is -2.37. The molecule has 0 saturated heterocycles. The summed E-state index contributed by atoms with van der Waals surface area (Å²) in [5, 5.41) is 6.03. The zero-order valence-electron chi connectivity index (χ0n) is 18.2. The number of ether oxygens (including phenoxy) is 1. The average molecular weight is 409 g/mol. The molecule has 3 rings (SSSR count). The normalized spacial score (nSPS) is 15.3. The highest BCUT2D eigenvalue weighted by molar-refractivity contribution is 6.04. The van der Waals surface area contributed by atoms with Crippen LogP contribution in [-0.4, -0.2) is 24.0 Å². The van der Waals surface area contributed by atoms with Crippen molar-refractivity contribution < 1.29 is 14.3 Å². The van der Waals surface area contributed by atoms with Gasteiger partial charge >= 0.3 is 0 Å². The SMILES string of the molecule is CC[C@@H](Oc1cc(C)ccc1C)C(=O)Nc1ccccc1C(=O)NC1CCCCC1. The van der Waals surface area contributed by atoms with Crippen LogP contribution in [0.15, 0.2) is 42.5 Å². The number of amides is 2. The molecule has 0 unspecified atom stereocenters. The Kier molecular flexibility index (Phi) is 7.50. The Bertz CT molecular complexity index is 888. The second kappa shape index (κ2) is 10.3. The van der Waals surface area contributed by atoms with Crippen LogP contribution in [0.5, 0.6) is 5.75 Å². The van der Waals surface area contributed by atoms with E-state index in [1.165, 1.54) is 6.42 Å². The number of carbonyl (C=O) groups excluding carboxylic acids is 2. The van der Waals surface area contributed by atoms with Crippen molar-refractivity contribution in [2.75, 3.05) is 5.32 Å². The molecule has 1 aliphatic carbocycles. The molecule has 0 heterocycles. The summed E-state index contributed by atoms with van der Waals surface area (Å²) in [4.78, 5) is 25.8. The first-order valence-corrected chi connectivity index (χ1v) is 10.9. The number of hydrogen-bond donors (Lipinski definition) is 2. The predicted octanol–water partition coefficient (Wildman–Crippen LogP) is 5.16. The number of anilines is 1. The van der Waals surface area contributed by atoms with Gasteiger partial charge in [-0.3, -0.25) is 9.59 Å². The van der Waals surface area contributed by atoms with Gasteiger partial charge in [-0.25, -0.2) is 0 Å². The Hall–Kier alpha value is -2.82. The zero-order chi connectivity index (χ0) is 21.5. The molecule has 2 amide bonds. The minimum absolute atomic E-state index is 0.138. The summed E-state index contributed by atoms with van der Waals surface area (Å²) in [6.45, 7) is 5.87. The van der Waals surface area contributed by atoms with Crippen molar-refractivity contribution in [2.45, 2.75) is 71.4 Å². The highest BCUT2D eigenvalue weighted by Gasteiger charge is 2.23. The fraction of sp³-hybridized carbons (Fsp3) is 0.440. The lowest BCUT2D eigenvalue weighted by Gasteiger charge is -2.23. The molecule has 30 heavy (non-hydrogen) atoms. The van der Waals surface area contributed by atoms with Crippen LogP contribution in [0.25, 0.3) is 0 Å². The molecule has 2 aromatic carbocycles. The molecule has 0 spiro atoms. The summed E-state index contributed by atoms with van der Waals surface area (Å²) in [6.07, 6.45) is 5.45. The molecule has 1 saturated carbocycles. The summed E-state index contributed by atoms with van der Waals surface area (Å²) < 4.78 is 6.02. The molecule has 160 valence electrons. The molecule has 2 N–H and O–H groups in total. The minimum Gasteiger partial charge on any atom is -0.480 e. The Morgan fingerprint density at radius 3 is 2.53 bits per heavy atom. The smallest absolute Gasteiger partial charge is 0.265 e. The monoisotopic (exact) mass is 408 g/mol. The number of rotatable bonds is 7. The van der Waals surface area contributed by atoms with E-state index in [9.17, 15) is 9.59 Å². The highest BCUT2D eigenvalue weighted by Crippen LogP contribution is 2.23. The number of hydrogen-bond acceptors (Lipinski definition) is 3. The van der Waals surface area contributed by atoms with Crippen LogP contribution in [0, 0.1) is 13.8 Å². The zero-order valence-corrected chi connectivity index (χ0v) is 18.2. The first-order chi connectivity index (χ1) is 14.5. The lowest BCUT2D eigenvalue weighted by atomic mass is 9.95. The van der Waals surface area contributed by atoms with E-state index in [0.29, 0.717) is 23.4 Å². The third-order valence-electron chi connectivity index (χ3n) is 5.65. The Labute approximate surface area is 179 Å². The summed E-state index contributed by atoms with van der Waals surface area (Å²) in [7, 11) is 0. The molecule has 0 radical (unpaired) electrons. The maximum Gasteiger partial charge on any atom is 0.265 e. The molecule has 0 bridgehead atoms. The molecule has 2 aromatic rings. The second-order valence-corrected chi connectivity index (χ2v) is 8.13. The van der Waals surface area contributed by atoms with Gasteiger partial charge in [-0.05, 0) is 62.4 Å². The standard InChI is InChI=1S/C25H32N2O3/c1-4-22(30-23-16-17(2)14-15-18(23)3)25(29)27-21-13-9-8-12-20(21)24(28)26-19-10-6-5-7-11-19/h8-9,12-16,19,22H,4-7,10-11H2,1-3H3,(H,26,28)(H,27,29)/t22-/m1/s1. The van der Waals surface area contributed by atoms with Crippen molar-refractivity contribution in [3.63, 3.8) is 0 Å². The number of para-hydroxylation sites is 1. The Morgan fingerprint density at radius 1 is 1.07 bits per heavy atom. The van der Waals surface area contributed by atoms with Crippen LogP contribution in [-0.2, 0) is 4.79 Å². The van der Waals surface area contributed by atoms with Crippen LogP contribution in [0.1, 0.15) is 66.9 Å². The molecule has 1 atom stereocenters. The molecule has 5 heteroatoms. The molecule has 5 nitrogen and oxygen atoms in total. The van der Waals surface area contributed by atoms with Crippen molar-refractivity contribution >= 4 is 17.5 Å². The predicted molar refractivity (Wildman–Crippen MR) is 120 cm³/mol. The number of carbonyl (C=O) groups is 2. The van der Waals surface area contributed by atoms with Gasteiger partial charge in [-0.1, -0.05) is 50.5 Å². The number of benzene rings is 2. The maximum absolute atomic E-state index is 12.9. The van der Waals surface area contributed by atoms with E-state index < -0.39 is 6.10 Å². The van der Waals surface area contributed by atoms with Crippen molar-refractivity contribution in [1.29, 1.82) is 0 Å². The molecule has 0 aliphatic heterocycles. The van der Waals surface area contributed by atoms with E-state index in [-0.39, 0.29) is 17.9 Å².